The second-order valence-electron chi connectivity index (χ2n) is 3.69. The lowest BCUT2D eigenvalue weighted by Crippen LogP contribution is -2.15. The molecule has 7 heteroatoms. The molecule has 0 unspecified atom stereocenters. The van der Waals surface area contributed by atoms with Crippen molar-refractivity contribution in [1.29, 1.82) is 0 Å². The maximum absolute atomic E-state index is 13.3. The highest BCUT2D eigenvalue weighted by molar-refractivity contribution is 6.06. The lowest BCUT2D eigenvalue weighted by atomic mass is 10.2. The van der Waals surface area contributed by atoms with E-state index in [1.807, 2.05) is 0 Å². The van der Waals surface area contributed by atoms with Crippen LogP contribution in [0.25, 0.3) is 0 Å². The zero-order chi connectivity index (χ0) is 13.3. The molecule has 0 atom stereocenters. The van der Waals surface area contributed by atoms with Gasteiger partial charge in [0.25, 0.3) is 5.91 Å². The highest BCUT2D eigenvalue weighted by atomic mass is 19.1. The minimum atomic E-state index is -0.737. The van der Waals surface area contributed by atoms with Crippen molar-refractivity contribution in [1.82, 2.24) is 9.78 Å². The van der Waals surface area contributed by atoms with Crippen LogP contribution >= 0.6 is 0 Å². The summed E-state index contributed by atoms with van der Waals surface area (Å²) in [5, 5.41) is 6.03. The molecule has 1 amide bonds. The molecule has 5 nitrogen and oxygen atoms in total. The minimum absolute atomic E-state index is 0.0406. The molecular weight excluding hydrogens is 242 g/mol. The van der Waals surface area contributed by atoms with Crippen LogP contribution in [0.4, 0.5) is 20.2 Å². The monoisotopic (exact) mass is 252 g/mol. The Kier molecular flexibility index (Phi) is 2.97. The Labute approximate surface area is 101 Å². The smallest absolute Gasteiger partial charge is 0.278 e. The van der Waals surface area contributed by atoms with E-state index in [2.05, 4.69) is 10.4 Å². The van der Waals surface area contributed by atoms with E-state index in [0.717, 1.165) is 18.2 Å². The van der Waals surface area contributed by atoms with E-state index < -0.39 is 17.5 Å². The number of anilines is 2. The zero-order valence-corrected chi connectivity index (χ0v) is 9.45. The van der Waals surface area contributed by atoms with Crippen molar-refractivity contribution in [3.05, 3.63) is 41.7 Å². The maximum Gasteiger partial charge on any atom is 0.278 e. The number of benzene rings is 1. The summed E-state index contributed by atoms with van der Waals surface area (Å²) in [6.07, 6.45) is 1.44. The van der Waals surface area contributed by atoms with Gasteiger partial charge in [0.1, 0.15) is 11.6 Å². The number of halogens is 2. The van der Waals surface area contributed by atoms with Gasteiger partial charge in [0.05, 0.1) is 11.4 Å². The van der Waals surface area contributed by atoms with Crippen LogP contribution in [0.15, 0.2) is 24.4 Å². The van der Waals surface area contributed by atoms with Crippen LogP contribution in [-0.2, 0) is 7.05 Å². The predicted molar refractivity (Wildman–Crippen MR) is 61.9 cm³/mol. The van der Waals surface area contributed by atoms with E-state index in [4.69, 9.17) is 5.73 Å². The molecule has 1 heterocycles. The fourth-order valence-electron chi connectivity index (χ4n) is 1.46. The molecule has 2 aromatic rings. The summed E-state index contributed by atoms with van der Waals surface area (Å²) in [6.45, 7) is 0. The maximum atomic E-state index is 13.3. The van der Waals surface area contributed by atoms with Crippen molar-refractivity contribution in [2.75, 3.05) is 11.1 Å². The molecule has 0 radical (unpaired) electrons. The van der Waals surface area contributed by atoms with Crippen LogP contribution in [0.1, 0.15) is 10.5 Å². The van der Waals surface area contributed by atoms with E-state index in [1.165, 1.54) is 10.9 Å². The quantitative estimate of drug-likeness (QED) is 0.851. The van der Waals surface area contributed by atoms with Gasteiger partial charge in [0.15, 0.2) is 5.69 Å². The van der Waals surface area contributed by atoms with Gasteiger partial charge in [-0.1, -0.05) is 0 Å². The third-order valence-corrected chi connectivity index (χ3v) is 2.25. The molecule has 0 fully saturated rings. The van der Waals surface area contributed by atoms with Crippen molar-refractivity contribution in [3.8, 4) is 0 Å². The summed E-state index contributed by atoms with van der Waals surface area (Å²) in [6, 6.07) is 2.76. The first kappa shape index (κ1) is 12.0. The first-order valence-corrected chi connectivity index (χ1v) is 5.03. The Morgan fingerprint density at radius 2 is 2.17 bits per heavy atom. The molecule has 1 aromatic heterocycles. The fraction of sp³-hybridized carbons (Fsp3) is 0.0909. The van der Waals surface area contributed by atoms with Gasteiger partial charge in [-0.25, -0.2) is 8.78 Å². The van der Waals surface area contributed by atoms with Gasteiger partial charge in [-0.2, -0.15) is 5.10 Å². The molecule has 0 aliphatic carbocycles. The van der Waals surface area contributed by atoms with Crippen molar-refractivity contribution in [2.45, 2.75) is 0 Å². The van der Waals surface area contributed by atoms with E-state index in [1.54, 1.807) is 7.05 Å². The molecule has 0 saturated carbocycles. The molecule has 0 aliphatic heterocycles. The van der Waals surface area contributed by atoms with E-state index >= 15 is 0 Å². The number of nitrogens with zero attached hydrogens (tertiary/aromatic N) is 2. The molecule has 94 valence electrons. The minimum Gasteiger partial charge on any atom is -0.396 e. The van der Waals surface area contributed by atoms with Crippen LogP contribution in [0, 0.1) is 11.6 Å². The summed E-state index contributed by atoms with van der Waals surface area (Å²) < 4.78 is 27.6. The van der Waals surface area contributed by atoms with Crippen LogP contribution < -0.4 is 11.1 Å². The summed E-state index contributed by atoms with van der Waals surface area (Å²) in [5.41, 5.74) is 5.41. The molecule has 3 N–H and O–H groups in total. The van der Waals surface area contributed by atoms with Gasteiger partial charge in [-0.15, -0.1) is 0 Å². The fourth-order valence-corrected chi connectivity index (χ4v) is 1.46. The number of aromatic nitrogens is 2. The second kappa shape index (κ2) is 4.44. The van der Waals surface area contributed by atoms with Crippen molar-refractivity contribution < 1.29 is 13.6 Å². The number of amides is 1. The van der Waals surface area contributed by atoms with Gasteiger partial charge < -0.3 is 11.1 Å². The number of nitrogens with one attached hydrogen (secondary N) is 1. The number of hydrogen-bond acceptors (Lipinski definition) is 3. The summed E-state index contributed by atoms with van der Waals surface area (Å²) >= 11 is 0. The summed E-state index contributed by atoms with van der Waals surface area (Å²) in [4.78, 5) is 11.8. The van der Waals surface area contributed by atoms with Crippen LogP contribution in [0.3, 0.4) is 0 Å². The molecular formula is C11H10F2N4O. The largest absolute Gasteiger partial charge is 0.396 e. The number of carbonyl (C=O) groups excluding carboxylic acids is 1. The van der Waals surface area contributed by atoms with E-state index in [-0.39, 0.29) is 17.1 Å². The molecule has 1 aromatic carbocycles. The molecule has 2 rings (SSSR count). The molecule has 0 spiro atoms. The first-order chi connectivity index (χ1) is 8.47. The highest BCUT2D eigenvalue weighted by Gasteiger charge is 2.16. The first-order valence-electron chi connectivity index (χ1n) is 5.03. The molecule has 0 aliphatic rings. The lowest BCUT2D eigenvalue weighted by molar-refractivity contribution is 0.102. The topological polar surface area (TPSA) is 72.9 Å². The number of aryl methyl sites for hydroxylation is 1. The third-order valence-electron chi connectivity index (χ3n) is 2.25. The van der Waals surface area contributed by atoms with Gasteiger partial charge in [-0.3, -0.25) is 9.48 Å². The molecule has 0 bridgehead atoms. The highest BCUT2D eigenvalue weighted by Crippen LogP contribution is 2.17. The SMILES string of the molecule is Cn1cc(N)c(C(=O)Nc2cc(F)ccc2F)n1. The Bertz CT molecular complexity index is 609. The van der Waals surface area contributed by atoms with Gasteiger partial charge >= 0.3 is 0 Å². The Morgan fingerprint density at radius 1 is 1.44 bits per heavy atom. The average Bonchev–Trinajstić information content (AvgIpc) is 2.63. The number of nitrogens with two attached hydrogens (primary N) is 1. The second-order valence-corrected chi connectivity index (χ2v) is 3.69. The van der Waals surface area contributed by atoms with E-state index in [0.29, 0.717) is 0 Å². The summed E-state index contributed by atoms with van der Waals surface area (Å²) in [7, 11) is 1.59. The Balaban J connectivity index is 2.26. The van der Waals surface area contributed by atoms with Crippen molar-refractivity contribution >= 4 is 17.3 Å². The van der Waals surface area contributed by atoms with Crippen molar-refractivity contribution in [3.63, 3.8) is 0 Å². The van der Waals surface area contributed by atoms with Crippen LogP contribution in [0.5, 0.6) is 0 Å². The standard InChI is InChI=1S/C11H10F2N4O/c1-17-5-8(14)10(16-17)11(18)15-9-4-6(12)2-3-7(9)13/h2-5H,14H2,1H3,(H,15,18). The van der Waals surface area contributed by atoms with Gasteiger partial charge in [0.2, 0.25) is 0 Å². The summed E-state index contributed by atoms with van der Waals surface area (Å²) in [5.74, 6) is -2.09. The third kappa shape index (κ3) is 2.29. The van der Waals surface area contributed by atoms with Crippen LogP contribution in [0.2, 0.25) is 0 Å². The zero-order valence-electron chi connectivity index (χ0n) is 9.45. The number of nitrogen functional groups attached to an aromatic ring is 1. The van der Waals surface area contributed by atoms with Gasteiger partial charge in [0, 0.05) is 19.3 Å². The lowest BCUT2D eigenvalue weighted by Gasteiger charge is -2.05. The number of rotatable bonds is 2. The Morgan fingerprint density at radius 3 is 2.78 bits per heavy atom. The Hall–Kier alpha value is -2.44. The van der Waals surface area contributed by atoms with E-state index in [9.17, 15) is 13.6 Å². The van der Waals surface area contributed by atoms with Crippen LogP contribution in [-0.4, -0.2) is 15.7 Å². The number of hydrogen-bond donors (Lipinski definition) is 2. The van der Waals surface area contributed by atoms with Gasteiger partial charge in [-0.05, 0) is 12.1 Å². The number of carbonyl (C=O) groups is 1. The average molecular weight is 252 g/mol. The van der Waals surface area contributed by atoms with Crippen molar-refractivity contribution in [2.24, 2.45) is 7.05 Å². The molecule has 18 heavy (non-hydrogen) atoms. The normalized spacial score (nSPS) is 10.4. The predicted octanol–water partition coefficient (Wildman–Crippen LogP) is 1.53. The molecule has 0 saturated heterocycles.